The van der Waals surface area contributed by atoms with E-state index in [0.29, 0.717) is 11.8 Å². The van der Waals surface area contributed by atoms with Gasteiger partial charge in [0.05, 0.1) is 5.69 Å². The molecule has 2 heteroatoms. The quantitative estimate of drug-likeness (QED) is 0.718. The lowest BCUT2D eigenvalue weighted by molar-refractivity contribution is 0.103. The number of nitrogens with one attached hydrogen (secondary N) is 1. The lowest BCUT2D eigenvalue weighted by Crippen LogP contribution is -2.00. The zero-order chi connectivity index (χ0) is 13.7. The highest BCUT2D eigenvalue weighted by Gasteiger charge is 2.29. The largest absolute Gasteiger partial charge is 0.355 e. The summed E-state index contributed by atoms with van der Waals surface area (Å²) in [5.41, 5.74) is 6.12. The van der Waals surface area contributed by atoms with Gasteiger partial charge in [-0.25, -0.2) is 0 Å². The van der Waals surface area contributed by atoms with Gasteiger partial charge in [0, 0.05) is 16.8 Å². The first kappa shape index (κ1) is 12.2. The molecule has 1 aliphatic carbocycles. The first-order valence-electron chi connectivity index (χ1n) is 6.91. The number of carbonyl (C=O) groups is 1. The van der Waals surface area contributed by atoms with Gasteiger partial charge in [-0.2, -0.15) is 0 Å². The average molecular weight is 253 g/mol. The van der Waals surface area contributed by atoms with Crippen molar-refractivity contribution in [1.29, 1.82) is 0 Å². The number of rotatable bonds is 2. The van der Waals surface area contributed by atoms with Crippen molar-refractivity contribution in [1.82, 2.24) is 4.98 Å². The Bertz CT molecular complexity index is 662. The van der Waals surface area contributed by atoms with Crippen molar-refractivity contribution in [3.05, 3.63) is 46.8 Å². The third-order valence-corrected chi connectivity index (χ3v) is 3.93. The molecule has 0 aliphatic heterocycles. The van der Waals surface area contributed by atoms with E-state index in [9.17, 15) is 4.79 Å². The monoisotopic (exact) mass is 253 g/mol. The smallest absolute Gasteiger partial charge is 0.210 e. The molecule has 0 spiro atoms. The Morgan fingerprint density at radius 1 is 0.895 bits per heavy atom. The van der Waals surface area contributed by atoms with E-state index in [1.54, 1.807) is 0 Å². The third kappa shape index (κ3) is 1.74. The molecule has 0 unspecified atom stereocenters. The highest BCUT2D eigenvalue weighted by Crippen LogP contribution is 2.39. The van der Waals surface area contributed by atoms with Crippen LogP contribution in [0.15, 0.2) is 24.3 Å². The van der Waals surface area contributed by atoms with Crippen LogP contribution in [0, 0.1) is 0 Å². The molecule has 19 heavy (non-hydrogen) atoms. The highest BCUT2D eigenvalue weighted by atomic mass is 16.1. The minimum atomic E-state index is 0.138. The van der Waals surface area contributed by atoms with Gasteiger partial charge in [0.25, 0.3) is 0 Å². The van der Waals surface area contributed by atoms with E-state index in [0.717, 1.165) is 28.1 Å². The van der Waals surface area contributed by atoms with E-state index >= 15 is 0 Å². The van der Waals surface area contributed by atoms with E-state index in [-0.39, 0.29) is 5.78 Å². The Morgan fingerprint density at radius 2 is 1.63 bits per heavy atom. The van der Waals surface area contributed by atoms with Gasteiger partial charge >= 0.3 is 0 Å². The second-order valence-corrected chi connectivity index (χ2v) is 5.96. The molecule has 0 radical (unpaired) electrons. The summed E-state index contributed by atoms with van der Waals surface area (Å²) in [5, 5.41) is 0. The molecule has 0 fully saturated rings. The summed E-state index contributed by atoms with van der Waals surface area (Å²) in [6.07, 6.45) is 0. The minimum absolute atomic E-state index is 0.138. The van der Waals surface area contributed by atoms with Crippen LogP contribution in [0.2, 0.25) is 0 Å². The van der Waals surface area contributed by atoms with Crippen LogP contribution >= 0.6 is 0 Å². The second kappa shape index (κ2) is 4.09. The Morgan fingerprint density at radius 3 is 2.26 bits per heavy atom. The Hall–Kier alpha value is -1.83. The Kier molecular flexibility index (Phi) is 2.63. The summed E-state index contributed by atoms with van der Waals surface area (Å²) < 4.78 is 0. The van der Waals surface area contributed by atoms with Gasteiger partial charge in [-0.3, -0.25) is 4.79 Å². The molecule has 0 saturated heterocycles. The van der Waals surface area contributed by atoms with Crippen LogP contribution in [0.5, 0.6) is 0 Å². The molecule has 0 amide bonds. The molecular weight excluding hydrogens is 234 g/mol. The van der Waals surface area contributed by atoms with Crippen LogP contribution < -0.4 is 0 Å². The van der Waals surface area contributed by atoms with Gasteiger partial charge in [0.15, 0.2) is 0 Å². The van der Waals surface area contributed by atoms with E-state index in [1.165, 1.54) is 5.56 Å². The number of carbonyl (C=O) groups excluding carboxylic acids is 1. The molecule has 1 N–H and O–H groups in total. The van der Waals surface area contributed by atoms with Crippen molar-refractivity contribution < 1.29 is 4.79 Å². The van der Waals surface area contributed by atoms with Crippen molar-refractivity contribution >= 4 is 5.78 Å². The molecule has 1 aromatic heterocycles. The normalized spacial score (nSPS) is 13.3. The standard InChI is InChI=1S/C17H19NO/c1-9(2)11-5-6-12-13-8-15(10(3)4)18-16(13)17(19)14(12)7-11/h5-10,18H,1-4H3. The van der Waals surface area contributed by atoms with Crippen molar-refractivity contribution in [2.24, 2.45) is 0 Å². The maximum Gasteiger partial charge on any atom is 0.210 e. The Labute approximate surface area is 113 Å². The molecule has 98 valence electrons. The highest BCUT2D eigenvalue weighted by molar-refractivity contribution is 6.20. The van der Waals surface area contributed by atoms with Gasteiger partial charge in [-0.05, 0) is 35.1 Å². The van der Waals surface area contributed by atoms with Crippen LogP contribution in [0.3, 0.4) is 0 Å². The summed E-state index contributed by atoms with van der Waals surface area (Å²) in [7, 11) is 0. The number of H-pyrrole nitrogens is 1. The topological polar surface area (TPSA) is 32.9 Å². The number of aromatic nitrogens is 1. The molecule has 1 aliphatic rings. The number of fused-ring (bicyclic) bond motifs is 3. The fraction of sp³-hybridized carbons (Fsp3) is 0.353. The summed E-state index contributed by atoms with van der Waals surface area (Å²) >= 11 is 0. The summed E-state index contributed by atoms with van der Waals surface area (Å²) in [6, 6.07) is 8.39. The minimum Gasteiger partial charge on any atom is -0.355 e. The zero-order valence-corrected chi connectivity index (χ0v) is 11.9. The molecular formula is C17H19NO. The van der Waals surface area contributed by atoms with Crippen molar-refractivity contribution in [3.63, 3.8) is 0 Å². The number of benzene rings is 1. The predicted octanol–water partition coefficient (Wildman–Crippen LogP) is 4.47. The van der Waals surface area contributed by atoms with Crippen molar-refractivity contribution in [3.8, 4) is 11.1 Å². The van der Waals surface area contributed by atoms with Gasteiger partial charge in [-0.1, -0.05) is 39.8 Å². The van der Waals surface area contributed by atoms with Crippen LogP contribution in [0.1, 0.15) is 66.8 Å². The fourth-order valence-corrected chi connectivity index (χ4v) is 2.66. The third-order valence-electron chi connectivity index (χ3n) is 3.93. The van der Waals surface area contributed by atoms with Crippen LogP contribution in [0.4, 0.5) is 0 Å². The van der Waals surface area contributed by atoms with Gasteiger partial charge in [0.2, 0.25) is 5.78 Å². The molecule has 0 atom stereocenters. The van der Waals surface area contributed by atoms with Crippen LogP contribution in [-0.4, -0.2) is 10.8 Å². The summed E-state index contributed by atoms with van der Waals surface area (Å²) in [4.78, 5) is 15.8. The number of aromatic amines is 1. The lowest BCUT2D eigenvalue weighted by Gasteiger charge is -2.08. The summed E-state index contributed by atoms with van der Waals surface area (Å²) in [6.45, 7) is 8.57. The van der Waals surface area contributed by atoms with Gasteiger partial charge in [0.1, 0.15) is 0 Å². The molecule has 2 nitrogen and oxygen atoms in total. The maximum atomic E-state index is 12.5. The van der Waals surface area contributed by atoms with Crippen molar-refractivity contribution in [2.45, 2.75) is 39.5 Å². The SMILES string of the molecule is CC(C)c1ccc2c(c1)C(=O)c1[nH]c(C(C)C)cc1-2. The number of ketones is 1. The molecule has 1 aromatic carbocycles. The molecule has 0 saturated carbocycles. The molecule has 0 bridgehead atoms. The first-order valence-corrected chi connectivity index (χ1v) is 6.91. The van der Waals surface area contributed by atoms with E-state index in [1.807, 2.05) is 6.07 Å². The zero-order valence-electron chi connectivity index (χ0n) is 11.9. The van der Waals surface area contributed by atoms with Crippen LogP contribution in [-0.2, 0) is 0 Å². The van der Waals surface area contributed by atoms with E-state index < -0.39 is 0 Å². The van der Waals surface area contributed by atoms with Gasteiger partial charge in [-0.15, -0.1) is 0 Å². The Balaban J connectivity index is 2.15. The first-order chi connectivity index (χ1) is 8.99. The van der Waals surface area contributed by atoms with Crippen LogP contribution in [0.25, 0.3) is 11.1 Å². The predicted molar refractivity (Wildman–Crippen MR) is 77.8 cm³/mol. The van der Waals surface area contributed by atoms with Crippen molar-refractivity contribution in [2.75, 3.05) is 0 Å². The summed E-state index contributed by atoms with van der Waals surface area (Å²) in [5.74, 6) is 0.999. The molecule has 1 heterocycles. The average Bonchev–Trinajstić information content (AvgIpc) is 2.90. The van der Waals surface area contributed by atoms with E-state index in [4.69, 9.17) is 0 Å². The lowest BCUT2D eigenvalue weighted by atomic mass is 9.97. The fourth-order valence-electron chi connectivity index (χ4n) is 2.66. The number of hydrogen-bond acceptors (Lipinski definition) is 1. The van der Waals surface area contributed by atoms with E-state index in [2.05, 4.69) is 50.9 Å². The molecule has 2 aromatic rings. The second-order valence-electron chi connectivity index (χ2n) is 5.96. The maximum absolute atomic E-state index is 12.5. The number of hydrogen-bond donors (Lipinski definition) is 1. The molecule has 3 rings (SSSR count). The van der Waals surface area contributed by atoms with Gasteiger partial charge < -0.3 is 4.98 Å².